The minimum atomic E-state index is 0.384. The molecule has 1 aromatic rings. The lowest BCUT2D eigenvalue weighted by Crippen LogP contribution is -2.01. The maximum absolute atomic E-state index is 8.68. The fourth-order valence-corrected chi connectivity index (χ4v) is 0.923. The number of nitrogens with zero attached hydrogens (tertiary/aromatic N) is 2. The zero-order valence-corrected chi connectivity index (χ0v) is 7.79. The highest BCUT2D eigenvalue weighted by atomic mass is 35.5. The van der Waals surface area contributed by atoms with Gasteiger partial charge in [-0.2, -0.15) is 5.26 Å². The highest BCUT2D eigenvalue weighted by Gasteiger charge is 2.01. The van der Waals surface area contributed by atoms with Gasteiger partial charge in [0.15, 0.2) is 0 Å². The highest BCUT2D eigenvalue weighted by Crippen LogP contribution is 2.12. The van der Waals surface area contributed by atoms with Gasteiger partial charge in [-0.3, -0.25) is 0 Å². The standard InChI is InChI=1S/C9H9ClN2O/c10-4-2-6-13-9-8(7-11)3-1-5-12-9/h1,3,5H,2,4,6H2. The van der Waals surface area contributed by atoms with Crippen LogP contribution in [0.3, 0.4) is 0 Å². The number of pyridine rings is 1. The van der Waals surface area contributed by atoms with Crippen LogP contribution in [0.25, 0.3) is 0 Å². The smallest absolute Gasteiger partial charge is 0.231 e. The molecule has 0 bridgehead atoms. The number of rotatable bonds is 4. The van der Waals surface area contributed by atoms with E-state index in [0.29, 0.717) is 23.9 Å². The van der Waals surface area contributed by atoms with Crippen LogP contribution in [0.1, 0.15) is 12.0 Å². The van der Waals surface area contributed by atoms with Crippen LogP contribution in [0, 0.1) is 11.3 Å². The highest BCUT2D eigenvalue weighted by molar-refractivity contribution is 6.17. The normalized spacial score (nSPS) is 9.23. The first kappa shape index (κ1) is 9.82. The lowest BCUT2D eigenvalue weighted by atomic mass is 10.3. The lowest BCUT2D eigenvalue weighted by Gasteiger charge is -2.03. The Labute approximate surface area is 81.9 Å². The fourth-order valence-electron chi connectivity index (χ4n) is 0.814. The van der Waals surface area contributed by atoms with Crippen LogP contribution in [0.15, 0.2) is 18.3 Å². The van der Waals surface area contributed by atoms with E-state index in [-0.39, 0.29) is 0 Å². The van der Waals surface area contributed by atoms with E-state index in [9.17, 15) is 0 Å². The Morgan fingerprint density at radius 1 is 1.62 bits per heavy atom. The van der Waals surface area contributed by atoms with Crippen LogP contribution >= 0.6 is 11.6 Å². The van der Waals surface area contributed by atoms with Crippen molar-refractivity contribution in [2.24, 2.45) is 0 Å². The molecule has 68 valence electrons. The Hall–Kier alpha value is -1.27. The van der Waals surface area contributed by atoms with Crippen LogP contribution in [-0.2, 0) is 0 Å². The topological polar surface area (TPSA) is 45.9 Å². The summed E-state index contributed by atoms with van der Waals surface area (Å²) >= 11 is 5.48. The first-order valence-corrected chi connectivity index (χ1v) is 4.46. The van der Waals surface area contributed by atoms with Crippen LogP contribution in [0.5, 0.6) is 5.88 Å². The summed E-state index contributed by atoms with van der Waals surface area (Å²) in [4.78, 5) is 3.93. The van der Waals surface area contributed by atoms with E-state index in [1.54, 1.807) is 18.3 Å². The molecule has 0 radical (unpaired) electrons. The number of hydrogen-bond acceptors (Lipinski definition) is 3. The second-order valence-electron chi connectivity index (χ2n) is 2.36. The Morgan fingerprint density at radius 3 is 3.15 bits per heavy atom. The summed E-state index contributed by atoms with van der Waals surface area (Å²) in [6.45, 7) is 0.495. The first-order valence-electron chi connectivity index (χ1n) is 3.92. The summed E-state index contributed by atoms with van der Waals surface area (Å²) in [6.07, 6.45) is 2.35. The van der Waals surface area contributed by atoms with E-state index in [0.717, 1.165) is 6.42 Å². The molecule has 1 heterocycles. The van der Waals surface area contributed by atoms with Gasteiger partial charge in [0, 0.05) is 12.1 Å². The third-order valence-electron chi connectivity index (χ3n) is 1.41. The molecule has 0 saturated heterocycles. The van der Waals surface area contributed by atoms with E-state index >= 15 is 0 Å². The van der Waals surface area contributed by atoms with Crippen molar-refractivity contribution in [2.45, 2.75) is 6.42 Å². The second-order valence-corrected chi connectivity index (χ2v) is 2.74. The number of nitriles is 1. The Kier molecular flexibility index (Phi) is 4.07. The third kappa shape index (κ3) is 2.92. The van der Waals surface area contributed by atoms with E-state index in [1.807, 2.05) is 6.07 Å². The Bertz CT molecular complexity index is 309. The summed E-state index contributed by atoms with van der Waals surface area (Å²) in [5, 5.41) is 8.68. The molecule has 0 fully saturated rings. The van der Waals surface area contributed by atoms with E-state index < -0.39 is 0 Å². The van der Waals surface area contributed by atoms with E-state index in [4.69, 9.17) is 21.6 Å². The van der Waals surface area contributed by atoms with Gasteiger partial charge in [-0.05, 0) is 18.6 Å². The number of halogens is 1. The largest absolute Gasteiger partial charge is 0.477 e. The van der Waals surface area contributed by atoms with Crippen LogP contribution in [-0.4, -0.2) is 17.5 Å². The van der Waals surface area contributed by atoms with Gasteiger partial charge in [0.05, 0.1) is 6.61 Å². The summed E-state index contributed by atoms with van der Waals surface area (Å²) < 4.78 is 5.25. The zero-order valence-electron chi connectivity index (χ0n) is 7.03. The van der Waals surface area contributed by atoms with Gasteiger partial charge >= 0.3 is 0 Å². The van der Waals surface area contributed by atoms with Crippen molar-refractivity contribution in [3.63, 3.8) is 0 Å². The summed E-state index contributed by atoms with van der Waals surface area (Å²) in [7, 11) is 0. The molecule has 0 N–H and O–H groups in total. The molecule has 0 aliphatic carbocycles. The molecule has 0 aliphatic rings. The summed E-state index contributed by atoms with van der Waals surface area (Å²) in [6, 6.07) is 5.37. The van der Waals surface area contributed by atoms with Crippen molar-refractivity contribution in [1.29, 1.82) is 5.26 Å². The molecule has 0 saturated carbocycles. The fraction of sp³-hybridized carbons (Fsp3) is 0.333. The van der Waals surface area contributed by atoms with Crippen molar-refractivity contribution in [3.8, 4) is 11.9 Å². The monoisotopic (exact) mass is 196 g/mol. The molecule has 0 aromatic carbocycles. The third-order valence-corrected chi connectivity index (χ3v) is 1.68. The molecule has 1 aromatic heterocycles. The molecule has 0 aliphatic heterocycles. The van der Waals surface area contributed by atoms with Gasteiger partial charge in [-0.25, -0.2) is 4.98 Å². The molecule has 4 heteroatoms. The molecule has 1 rings (SSSR count). The van der Waals surface area contributed by atoms with Gasteiger partial charge in [0.2, 0.25) is 5.88 Å². The van der Waals surface area contributed by atoms with E-state index in [2.05, 4.69) is 4.98 Å². The second kappa shape index (κ2) is 5.39. The minimum Gasteiger partial charge on any atom is -0.477 e. The maximum Gasteiger partial charge on any atom is 0.231 e. The quantitative estimate of drug-likeness (QED) is 0.546. The number of ether oxygens (including phenoxy) is 1. The molecular formula is C9H9ClN2O. The summed E-state index contributed by atoms with van der Waals surface area (Å²) in [5.74, 6) is 0.935. The number of alkyl halides is 1. The molecular weight excluding hydrogens is 188 g/mol. The molecule has 13 heavy (non-hydrogen) atoms. The van der Waals surface area contributed by atoms with Crippen LogP contribution in [0.2, 0.25) is 0 Å². The average molecular weight is 197 g/mol. The number of aromatic nitrogens is 1. The van der Waals surface area contributed by atoms with Crippen LogP contribution in [0.4, 0.5) is 0 Å². The zero-order chi connectivity index (χ0) is 9.52. The van der Waals surface area contributed by atoms with Crippen molar-refractivity contribution in [1.82, 2.24) is 4.98 Å². The van der Waals surface area contributed by atoms with Crippen molar-refractivity contribution in [3.05, 3.63) is 23.9 Å². The van der Waals surface area contributed by atoms with Crippen LogP contribution < -0.4 is 4.74 Å². The minimum absolute atomic E-state index is 0.384. The molecule has 0 amide bonds. The van der Waals surface area contributed by atoms with Crippen molar-refractivity contribution < 1.29 is 4.74 Å². The SMILES string of the molecule is N#Cc1cccnc1OCCCCl. The van der Waals surface area contributed by atoms with Crippen molar-refractivity contribution in [2.75, 3.05) is 12.5 Å². The van der Waals surface area contributed by atoms with Crippen molar-refractivity contribution >= 4 is 11.6 Å². The molecule has 0 unspecified atom stereocenters. The molecule has 0 atom stereocenters. The summed E-state index contributed by atoms with van der Waals surface area (Å²) in [5.41, 5.74) is 0.456. The maximum atomic E-state index is 8.68. The Balaban J connectivity index is 2.60. The predicted octanol–water partition coefficient (Wildman–Crippen LogP) is 1.96. The van der Waals surface area contributed by atoms with E-state index in [1.165, 1.54) is 0 Å². The Morgan fingerprint density at radius 2 is 2.46 bits per heavy atom. The van der Waals surface area contributed by atoms with Gasteiger partial charge < -0.3 is 4.74 Å². The number of hydrogen-bond donors (Lipinski definition) is 0. The van der Waals surface area contributed by atoms with Gasteiger partial charge in [-0.15, -0.1) is 11.6 Å². The van der Waals surface area contributed by atoms with Gasteiger partial charge in [-0.1, -0.05) is 0 Å². The van der Waals surface area contributed by atoms with Gasteiger partial charge in [0.25, 0.3) is 0 Å². The first-order chi connectivity index (χ1) is 6.38. The lowest BCUT2D eigenvalue weighted by molar-refractivity contribution is 0.305. The average Bonchev–Trinajstić information content (AvgIpc) is 2.19. The predicted molar refractivity (Wildman–Crippen MR) is 49.8 cm³/mol. The molecule has 0 spiro atoms. The molecule has 3 nitrogen and oxygen atoms in total. The van der Waals surface area contributed by atoms with Gasteiger partial charge in [0.1, 0.15) is 11.6 Å².